The van der Waals surface area contributed by atoms with E-state index in [0.717, 1.165) is 22.3 Å². The van der Waals surface area contributed by atoms with E-state index in [-0.39, 0.29) is 16.7 Å². The minimum Gasteiger partial charge on any atom is -0.496 e. The van der Waals surface area contributed by atoms with E-state index in [2.05, 4.69) is 25.7 Å². The number of carbonyl (C=O) groups is 1. The molecule has 1 N–H and O–H groups in total. The molecule has 0 unspecified atom stereocenters. The van der Waals surface area contributed by atoms with Crippen molar-refractivity contribution < 1.29 is 13.9 Å². The molecule has 0 radical (unpaired) electrons. The van der Waals surface area contributed by atoms with Crippen LogP contribution in [0.1, 0.15) is 21.7 Å². The van der Waals surface area contributed by atoms with Crippen LogP contribution in [0, 0.1) is 5.82 Å². The van der Waals surface area contributed by atoms with Crippen molar-refractivity contribution in [3.8, 4) is 17.1 Å². The Bertz CT molecular complexity index is 1230. The maximum Gasteiger partial charge on any atom is 0.286 e. The standard InChI is InChI=1S/C21H19FN6O2S2/c1-3-28-18(15-6-4-5-7-16(15)30-2)25-27-21(28)31-12-17-24-26-20(32-17)19(29)23-14-10-8-13(22)9-11-14/h4-11H,3,12H2,1-2H3,(H,23,29). The highest BCUT2D eigenvalue weighted by Crippen LogP contribution is 2.32. The molecule has 0 aliphatic heterocycles. The van der Waals surface area contributed by atoms with Gasteiger partial charge in [-0.05, 0) is 43.3 Å². The van der Waals surface area contributed by atoms with Gasteiger partial charge in [0.15, 0.2) is 11.0 Å². The number of halogens is 1. The van der Waals surface area contributed by atoms with Crippen molar-refractivity contribution >= 4 is 34.7 Å². The molecule has 0 fully saturated rings. The van der Waals surface area contributed by atoms with Gasteiger partial charge in [-0.1, -0.05) is 35.2 Å². The number of amides is 1. The summed E-state index contributed by atoms with van der Waals surface area (Å²) in [6.45, 7) is 2.71. The predicted octanol–water partition coefficient (Wildman–Crippen LogP) is 4.51. The molecular weight excluding hydrogens is 451 g/mol. The molecule has 2 heterocycles. The van der Waals surface area contributed by atoms with Gasteiger partial charge in [0.25, 0.3) is 5.91 Å². The molecule has 0 saturated heterocycles. The molecule has 0 atom stereocenters. The third-order valence-electron chi connectivity index (χ3n) is 4.47. The molecule has 0 spiro atoms. The van der Waals surface area contributed by atoms with E-state index in [1.165, 1.54) is 47.4 Å². The average Bonchev–Trinajstić information content (AvgIpc) is 3.46. The van der Waals surface area contributed by atoms with Gasteiger partial charge in [0, 0.05) is 12.2 Å². The van der Waals surface area contributed by atoms with Gasteiger partial charge in [0.05, 0.1) is 18.4 Å². The number of rotatable bonds is 8. The zero-order chi connectivity index (χ0) is 22.5. The molecule has 164 valence electrons. The van der Waals surface area contributed by atoms with Crippen LogP contribution in [0.3, 0.4) is 0 Å². The molecule has 0 bridgehead atoms. The Morgan fingerprint density at radius 1 is 1.12 bits per heavy atom. The molecule has 0 saturated carbocycles. The first kappa shape index (κ1) is 21.9. The van der Waals surface area contributed by atoms with Crippen LogP contribution in [0.25, 0.3) is 11.4 Å². The second-order valence-electron chi connectivity index (χ2n) is 6.50. The molecule has 4 aromatic rings. The molecule has 4 rings (SSSR count). The summed E-state index contributed by atoms with van der Waals surface area (Å²) in [6, 6.07) is 13.2. The van der Waals surface area contributed by atoms with Crippen molar-refractivity contribution in [2.75, 3.05) is 12.4 Å². The smallest absolute Gasteiger partial charge is 0.286 e. The second-order valence-corrected chi connectivity index (χ2v) is 8.51. The number of carbonyl (C=O) groups excluding carboxylic acids is 1. The quantitative estimate of drug-likeness (QED) is 0.379. The van der Waals surface area contributed by atoms with Crippen LogP contribution in [0.2, 0.25) is 0 Å². The van der Waals surface area contributed by atoms with Crippen molar-refractivity contribution in [3.05, 3.63) is 64.4 Å². The van der Waals surface area contributed by atoms with Crippen LogP contribution >= 0.6 is 23.1 Å². The summed E-state index contributed by atoms with van der Waals surface area (Å²) in [5, 5.41) is 21.1. The number of methoxy groups -OCH3 is 1. The van der Waals surface area contributed by atoms with Crippen LogP contribution in [0.15, 0.2) is 53.7 Å². The van der Waals surface area contributed by atoms with Crippen molar-refractivity contribution in [1.29, 1.82) is 0 Å². The minimum atomic E-state index is -0.388. The largest absolute Gasteiger partial charge is 0.496 e. The number of anilines is 1. The lowest BCUT2D eigenvalue weighted by Crippen LogP contribution is -2.11. The number of nitrogens with one attached hydrogen (secondary N) is 1. The second kappa shape index (κ2) is 9.88. The summed E-state index contributed by atoms with van der Waals surface area (Å²) in [5.74, 6) is 1.19. The molecule has 32 heavy (non-hydrogen) atoms. The molecule has 0 aliphatic carbocycles. The summed E-state index contributed by atoms with van der Waals surface area (Å²) in [7, 11) is 1.63. The van der Waals surface area contributed by atoms with Crippen LogP contribution in [0.5, 0.6) is 5.75 Å². The first-order valence-electron chi connectivity index (χ1n) is 9.67. The zero-order valence-corrected chi connectivity index (χ0v) is 18.9. The Hall–Kier alpha value is -3.31. The fourth-order valence-corrected chi connectivity index (χ4v) is 4.68. The summed E-state index contributed by atoms with van der Waals surface area (Å²) >= 11 is 2.67. The first-order chi connectivity index (χ1) is 15.6. The molecule has 2 aromatic heterocycles. The fourth-order valence-electron chi connectivity index (χ4n) is 2.96. The molecule has 8 nitrogen and oxygen atoms in total. The van der Waals surface area contributed by atoms with Crippen LogP contribution in [0.4, 0.5) is 10.1 Å². The van der Waals surface area contributed by atoms with Crippen molar-refractivity contribution in [2.45, 2.75) is 24.4 Å². The van der Waals surface area contributed by atoms with Gasteiger partial charge in [-0.3, -0.25) is 4.79 Å². The van der Waals surface area contributed by atoms with Gasteiger partial charge in [0.2, 0.25) is 5.01 Å². The molecule has 11 heteroatoms. The lowest BCUT2D eigenvalue weighted by atomic mass is 10.2. The van der Waals surface area contributed by atoms with E-state index in [4.69, 9.17) is 4.74 Å². The average molecular weight is 471 g/mol. The van der Waals surface area contributed by atoms with Gasteiger partial charge in [-0.25, -0.2) is 4.39 Å². The number of hydrogen-bond acceptors (Lipinski definition) is 8. The Balaban J connectivity index is 1.44. The molecular formula is C21H19FN6O2S2. The van der Waals surface area contributed by atoms with Crippen molar-refractivity contribution in [2.24, 2.45) is 0 Å². The number of aromatic nitrogens is 5. The van der Waals surface area contributed by atoms with Crippen LogP contribution < -0.4 is 10.1 Å². The third-order valence-corrected chi connectivity index (χ3v) is 6.55. The van der Waals surface area contributed by atoms with Gasteiger partial charge in [-0.15, -0.1) is 20.4 Å². The van der Waals surface area contributed by atoms with Crippen molar-refractivity contribution in [1.82, 2.24) is 25.0 Å². The van der Waals surface area contributed by atoms with Crippen molar-refractivity contribution in [3.63, 3.8) is 0 Å². The summed E-state index contributed by atoms with van der Waals surface area (Å²) in [6.07, 6.45) is 0. The van der Waals surface area contributed by atoms with Crippen LogP contribution in [-0.4, -0.2) is 38.0 Å². The maximum atomic E-state index is 13.0. The summed E-state index contributed by atoms with van der Waals surface area (Å²) in [5.41, 5.74) is 1.36. The highest BCUT2D eigenvalue weighted by Gasteiger charge is 2.18. The lowest BCUT2D eigenvalue weighted by Gasteiger charge is -2.10. The lowest BCUT2D eigenvalue weighted by molar-refractivity contribution is 0.102. The van der Waals surface area contributed by atoms with Gasteiger partial charge in [0.1, 0.15) is 16.6 Å². The van der Waals surface area contributed by atoms with E-state index >= 15 is 0 Å². The Morgan fingerprint density at radius 2 is 1.91 bits per heavy atom. The molecule has 1 amide bonds. The molecule has 0 aliphatic rings. The van der Waals surface area contributed by atoms with Gasteiger partial charge < -0.3 is 14.6 Å². The van der Waals surface area contributed by atoms with E-state index in [1.807, 2.05) is 35.8 Å². The highest BCUT2D eigenvalue weighted by atomic mass is 32.2. The first-order valence-corrected chi connectivity index (χ1v) is 11.5. The zero-order valence-electron chi connectivity index (χ0n) is 17.3. The number of thioether (sulfide) groups is 1. The Labute approximate surface area is 191 Å². The topological polar surface area (TPSA) is 94.8 Å². The number of ether oxygens (including phenoxy) is 1. The van der Waals surface area contributed by atoms with Crippen LogP contribution in [-0.2, 0) is 12.3 Å². The Kier molecular flexibility index (Phi) is 6.76. The maximum absolute atomic E-state index is 13.0. The van der Waals surface area contributed by atoms with E-state index in [0.29, 0.717) is 23.0 Å². The number of para-hydroxylation sites is 1. The summed E-state index contributed by atoms with van der Waals surface area (Å²) < 4.78 is 20.5. The number of hydrogen-bond donors (Lipinski definition) is 1. The number of nitrogens with zero attached hydrogens (tertiary/aromatic N) is 5. The van der Waals surface area contributed by atoms with E-state index in [1.54, 1.807) is 7.11 Å². The highest BCUT2D eigenvalue weighted by molar-refractivity contribution is 7.98. The summed E-state index contributed by atoms with van der Waals surface area (Å²) in [4.78, 5) is 12.4. The predicted molar refractivity (Wildman–Crippen MR) is 122 cm³/mol. The third kappa shape index (κ3) is 4.78. The monoisotopic (exact) mass is 470 g/mol. The molecule has 2 aromatic carbocycles. The van der Waals surface area contributed by atoms with Gasteiger partial charge >= 0.3 is 0 Å². The number of benzene rings is 2. The normalized spacial score (nSPS) is 10.8. The van der Waals surface area contributed by atoms with E-state index < -0.39 is 0 Å². The Morgan fingerprint density at radius 3 is 2.66 bits per heavy atom. The minimum absolute atomic E-state index is 0.233. The van der Waals surface area contributed by atoms with Gasteiger partial charge in [-0.2, -0.15) is 0 Å². The van der Waals surface area contributed by atoms with E-state index in [9.17, 15) is 9.18 Å². The SMILES string of the molecule is CCn1c(SCc2nnc(C(=O)Nc3ccc(F)cc3)s2)nnc1-c1ccccc1OC. The fraction of sp³-hybridized carbons (Fsp3) is 0.190.